The predicted octanol–water partition coefficient (Wildman–Crippen LogP) is 1.99. The highest BCUT2D eigenvalue weighted by Gasteiger charge is 2.24. The van der Waals surface area contributed by atoms with E-state index in [1.54, 1.807) is 12.1 Å². The molecule has 0 saturated carbocycles. The summed E-state index contributed by atoms with van der Waals surface area (Å²) in [7, 11) is 0. The van der Waals surface area contributed by atoms with E-state index in [9.17, 15) is 9.90 Å². The molecule has 0 aliphatic heterocycles. The van der Waals surface area contributed by atoms with E-state index < -0.39 is 5.91 Å². The Morgan fingerprint density at radius 1 is 1.23 bits per heavy atom. The first-order chi connectivity index (χ1) is 15.1. The van der Waals surface area contributed by atoms with Gasteiger partial charge in [-0.1, -0.05) is 35.5 Å². The van der Waals surface area contributed by atoms with Crippen LogP contribution in [0.3, 0.4) is 0 Å². The van der Waals surface area contributed by atoms with Gasteiger partial charge in [0.1, 0.15) is 5.75 Å². The van der Waals surface area contributed by atoms with Crippen LogP contribution in [-0.4, -0.2) is 42.5 Å². The molecule has 4 aromatic rings. The normalized spacial score (nSPS) is 11.1. The van der Waals surface area contributed by atoms with Crippen molar-refractivity contribution in [2.75, 3.05) is 5.73 Å². The van der Waals surface area contributed by atoms with E-state index in [-0.39, 0.29) is 23.1 Å². The fourth-order valence-corrected chi connectivity index (χ4v) is 3.52. The van der Waals surface area contributed by atoms with Crippen molar-refractivity contribution in [2.24, 2.45) is 5.10 Å². The monoisotopic (exact) mass is 436 g/mol. The number of nitrogens with one attached hydrogen (secondary N) is 1. The Morgan fingerprint density at radius 2 is 2.06 bits per heavy atom. The fraction of sp³-hybridized carbons (Fsp3) is 0.0526. The number of phenols is 1. The molecule has 0 bridgehead atoms. The zero-order valence-electron chi connectivity index (χ0n) is 15.9. The van der Waals surface area contributed by atoms with Crippen molar-refractivity contribution in [1.82, 2.24) is 30.7 Å². The minimum absolute atomic E-state index is 0.0183. The van der Waals surface area contributed by atoms with E-state index in [1.807, 2.05) is 30.3 Å². The van der Waals surface area contributed by atoms with Gasteiger partial charge >= 0.3 is 0 Å². The van der Waals surface area contributed by atoms with Gasteiger partial charge in [0.2, 0.25) is 11.6 Å². The molecule has 0 spiro atoms. The minimum atomic E-state index is -0.568. The number of carbonyl (C=O) groups excluding carboxylic acids is 1. The number of hydrogen-bond acceptors (Lipinski definition) is 10. The SMILES string of the molecule is Nc1nonc1-n1nnc(C(=O)N/N=C/c2cccc(O)c2)c1CSc1ccccc1. The number of amides is 1. The molecule has 0 fully saturated rings. The Balaban J connectivity index is 1.58. The van der Waals surface area contributed by atoms with Crippen molar-refractivity contribution in [2.45, 2.75) is 10.6 Å². The third kappa shape index (κ3) is 4.70. The molecule has 31 heavy (non-hydrogen) atoms. The molecular formula is C19H16N8O3S. The highest BCUT2D eigenvalue weighted by atomic mass is 32.2. The van der Waals surface area contributed by atoms with Crippen LogP contribution in [0.1, 0.15) is 21.7 Å². The first kappa shape index (κ1) is 20.1. The van der Waals surface area contributed by atoms with E-state index in [4.69, 9.17) is 5.73 Å². The summed E-state index contributed by atoms with van der Waals surface area (Å²) >= 11 is 1.48. The zero-order valence-corrected chi connectivity index (χ0v) is 16.7. The van der Waals surface area contributed by atoms with E-state index in [2.05, 4.69) is 35.8 Å². The maximum Gasteiger partial charge on any atom is 0.293 e. The van der Waals surface area contributed by atoms with Crippen LogP contribution < -0.4 is 11.2 Å². The van der Waals surface area contributed by atoms with Crippen LogP contribution >= 0.6 is 11.8 Å². The Kier molecular flexibility index (Phi) is 5.89. The van der Waals surface area contributed by atoms with Gasteiger partial charge in [-0.15, -0.1) is 16.9 Å². The number of hydrazone groups is 1. The van der Waals surface area contributed by atoms with Crippen molar-refractivity contribution < 1.29 is 14.5 Å². The molecule has 156 valence electrons. The average molecular weight is 436 g/mol. The zero-order chi connectivity index (χ0) is 21.6. The molecule has 0 saturated heterocycles. The number of aromatic nitrogens is 5. The van der Waals surface area contributed by atoms with Crippen LogP contribution in [0.4, 0.5) is 5.82 Å². The number of aromatic hydroxyl groups is 1. The number of carbonyl (C=O) groups is 1. The number of anilines is 1. The number of phenolic OH excluding ortho intramolecular Hbond substituents is 1. The summed E-state index contributed by atoms with van der Waals surface area (Å²) in [5.74, 6) is 0.0318. The Labute approximate surface area is 179 Å². The highest BCUT2D eigenvalue weighted by Crippen LogP contribution is 2.25. The molecular weight excluding hydrogens is 420 g/mol. The van der Waals surface area contributed by atoms with Crippen LogP contribution in [0.25, 0.3) is 5.82 Å². The topological polar surface area (TPSA) is 157 Å². The summed E-state index contributed by atoms with van der Waals surface area (Å²) in [5, 5.41) is 28.7. The molecule has 0 radical (unpaired) electrons. The van der Waals surface area contributed by atoms with Crippen LogP contribution in [0, 0.1) is 0 Å². The summed E-state index contributed by atoms with van der Waals surface area (Å²) in [6.07, 6.45) is 1.40. The largest absolute Gasteiger partial charge is 0.508 e. The molecule has 4 N–H and O–H groups in total. The molecule has 11 nitrogen and oxygen atoms in total. The molecule has 12 heteroatoms. The lowest BCUT2D eigenvalue weighted by atomic mass is 10.2. The van der Waals surface area contributed by atoms with Crippen molar-refractivity contribution in [3.8, 4) is 11.6 Å². The molecule has 2 heterocycles. The molecule has 0 atom stereocenters. The maximum absolute atomic E-state index is 12.7. The summed E-state index contributed by atoms with van der Waals surface area (Å²) in [4.78, 5) is 13.7. The first-order valence-electron chi connectivity index (χ1n) is 8.95. The molecule has 2 aromatic carbocycles. The highest BCUT2D eigenvalue weighted by molar-refractivity contribution is 7.98. The van der Waals surface area contributed by atoms with Crippen molar-refractivity contribution in [3.63, 3.8) is 0 Å². The van der Waals surface area contributed by atoms with E-state index in [0.29, 0.717) is 17.0 Å². The number of rotatable bonds is 7. The molecule has 0 aliphatic carbocycles. The lowest BCUT2D eigenvalue weighted by Gasteiger charge is -2.05. The summed E-state index contributed by atoms with van der Waals surface area (Å²) in [5.41, 5.74) is 9.31. The predicted molar refractivity (Wildman–Crippen MR) is 113 cm³/mol. The maximum atomic E-state index is 12.7. The standard InChI is InChI=1S/C19H16N8O3S/c20-17-18(25-30-24-17)27-15(11-31-14-7-2-1-3-8-14)16(22-26-27)19(29)23-21-10-12-5-4-6-13(28)9-12/h1-10,28H,11H2,(H2,20,24)(H,23,29)/b21-10+. The van der Waals surface area contributed by atoms with Gasteiger partial charge in [0.05, 0.1) is 11.9 Å². The van der Waals surface area contributed by atoms with Gasteiger partial charge in [-0.3, -0.25) is 4.79 Å². The lowest BCUT2D eigenvalue weighted by molar-refractivity contribution is 0.0949. The van der Waals surface area contributed by atoms with Crippen LogP contribution in [0.15, 0.2) is 69.2 Å². The minimum Gasteiger partial charge on any atom is -0.508 e. The van der Waals surface area contributed by atoms with Gasteiger partial charge < -0.3 is 10.8 Å². The smallest absolute Gasteiger partial charge is 0.293 e. The first-order valence-corrected chi connectivity index (χ1v) is 9.93. The van der Waals surface area contributed by atoms with Gasteiger partial charge in [-0.25, -0.2) is 10.1 Å². The average Bonchev–Trinajstić information content (AvgIpc) is 3.38. The second-order valence-electron chi connectivity index (χ2n) is 6.17. The Bertz CT molecular complexity index is 1220. The summed E-state index contributed by atoms with van der Waals surface area (Å²) in [6, 6.07) is 16.1. The van der Waals surface area contributed by atoms with Gasteiger partial charge in [-0.2, -0.15) is 9.78 Å². The third-order valence-electron chi connectivity index (χ3n) is 4.04. The second-order valence-corrected chi connectivity index (χ2v) is 7.21. The summed E-state index contributed by atoms with van der Waals surface area (Å²) < 4.78 is 5.96. The molecule has 0 aliphatic rings. The van der Waals surface area contributed by atoms with E-state index in [1.165, 1.54) is 34.8 Å². The van der Waals surface area contributed by atoms with E-state index in [0.717, 1.165) is 4.90 Å². The Morgan fingerprint density at radius 3 is 2.81 bits per heavy atom. The molecule has 1 amide bonds. The quantitative estimate of drug-likeness (QED) is 0.224. The van der Waals surface area contributed by atoms with Gasteiger partial charge in [0.15, 0.2) is 5.69 Å². The number of nitrogens with zero attached hydrogens (tertiary/aromatic N) is 6. The lowest BCUT2D eigenvalue weighted by Crippen LogP contribution is -2.20. The van der Waals surface area contributed by atoms with Gasteiger partial charge in [-0.05, 0) is 40.1 Å². The number of nitrogen functional groups attached to an aromatic ring is 1. The van der Waals surface area contributed by atoms with Gasteiger partial charge in [0, 0.05) is 10.6 Å². The number of thioether (sulfide) groups is 1. The van der Waals surface area contributed by atoms with Crippen molar-refractivity contribution in [1.29, 1.82) is 0 Å². The van der Waals surface area contributed by atoms with E-state index >= 15 is 0 Å². The fourth-order valence-electron chi connectivity index (χ4n) is 2.61. The molecule has 4 rings (SSSR count). The third-order valence-corrected chi connectivity index (χ3v) is 5.07. The summed E-state index contributed by atoms with van der Waals surface area (Å²) in [6.45, 7) is 0. The Hall–Kier alpha value is -4.19. The van der Waals surface area contributed by atoms with Crippen molar-refractivity contribution in [3.05, 3.63) is 71.5 Å². The second kappa shape index (κ2) is 9.09. The van der Waals surface area contributed by atoms with Crippen LogP contribution in [0.2, 0.25) is 0 Å². The molecule has 0 unspecified atom stereocenters. The van der Waals surface area contributed by atoms with Crippen molar-refractivity contribution >= 4 is 29.7 Å². The molecule has 2 aromatic heterocycles. The number of benzene rings is 2. The van der Waals surface area contributed by atoms with Crippen LogP contribution in [-0.2, 0) is 5.75 Å². The van der Waals surface area contributed by atoms with Gasteiger partial charge in [0.25, 0.3) is 5.91 Å². The number of nitrogens with two attached hydrogens (primary N) is 1. The van der Waals surface area contributed by atoms with Crippen LogP contribution in [0.5, 0.6) is 5.75 Å². The number of hydrogen-bond donors (Lipinski definition) is 3.